The molecule has 2 rings (SSSR count). The van der Waals surface area contributed by atoms with Gasteiger partial charge in [-0.3, -0.25) is 4.90 Å². The van der Waals surface area contributed by atoms with E-state index < -0.39 is 17.7 Å². The largest absolute Gasteiger partial charge is 0.477 e. The Bertz CT molecular complexity index is 716. The third kappa shape index (κ3) is 4.29. The maximum absolute atomic E-state index is 12.0. The summed E-state index contributed by atoms with van der Waals surface area (Å²) in [6.45, 7) is 5.39. The second-order valence-corrected chi connectivity index (χ2v) is 7.00. The van der Waals surface area contributed by atoms with Crippen molar-refractivity contribution in [2.75, 3.05) is 11.9 Å². The van der Waals surface area contributed by atoms with Crippen LogP contribution < -0.4 is 4.90 Å². The van der Waals surface area contributed by atoms with Crippen molar-refractivity contribution >= 4 is 29.2 Å². The fourth-order valence-electron chi connectivity index (χ4n) is 1.76. The number of hydrogen-bond acceptors (Lipinski definition) is 5. The standard InChI is InChI=1S/C16H18N2O4S/c1-16(2,3)22-15(21)18(4)13-8-5-10(9-17-13)11-6-7-12(23-11)14(19)20/h5-9H,1-4H3,(H,19,20). The molecule has 0 atom stereocenters. The number of carbonyl (C=O) groups is 2. The summed E-state index contributed by atoms with van der Waals surface area (Å²) in [5.74, 6) is -0.492. The number of nitrogens with zero attached hydrogens (tertiary/aromatic N) is 2. The van der Waals surface area contributed by atoms with E-state index in [9.17, 15) is 9.59 Å². The highest BCUT2D eigenvalue weighted by Gasteiger charge is 2.21. The number of anilines is 1. The molecule has 0 bridgehead atoms. The molecule has 7 heteroatoms. The molecule has 2 aromatic rings. The molecule has 122 valence electrons. The smallest absolute Gasteiger partial charge is 0.415 e. The van der Waals surface area contributed by atoms with Crippen LogP contribution in [0.25, 0.3) is 10.4 Å². The molecule has 0 radical (unpaired) electrons. The van der Waals surface area contributed by atoms with Crippen LogP contribution in [0.1, 0.15) is 30.4 Å². The van der Waals surface area contributed by atoms with Crippen molar-refractivity contribution in [3.05, 3.63) is 35.3 Å². The van der Waals surface area contributed by atoms with Crippen LogP contribution in [-0.2, 0) is 4.74 Å². The number of aromatic nitrogens is 1. The average Bonchev–Trinajstić information content (AvgIpc) is 2.95. The zero-order valence-corrected chi connectivity index (χ0v) is 14.2. The number of rotatable bonds is 3. The zero-order chi connectivity index (χ0) is 17.2. The molecule has 0 spiro atoms. The van der Waals surface area contributed by atoms with E-state index >= 15 is 0 Å². The Morgan fingerprint density at radius 2 is 1.91 bits per heavy atom. The highest BCUT2D eigenvalue weighted by molar-refractivity contribution is 7.17. The van der Waals surface area contributed by atoms with Crippen LogP contribution in [0.4, 0.5) is 10.6 Å². The van der Waals surface area contributed by atoms with Gasteiger partial charge in [0.1, 0.15) is 16.3 Å². The molecule has 6 nitrogen and oxygen atoms in total. The van der Waals surface area contributed by atoms with E-state index in [0.717, 1.165) is 10.4 Å². The Kier molecular flexibility index (Phi) is 4.70. The van der Waals surface area contributed by atoms with Crippen LogP contribution in [0, 0.1) is 0 Å². The highest BCUT2D eigenvalue weighted by atomic mass is 32.1. The van der Waals surface area contributed by atoms with Crippen molar-refractivity contribution in [3.8, 4) is 10.4 Å². The molecule has 2 aromatic heterocycles. The summed E-state index contributed by atoms with van der Waals surface area (Å²) < 4.78 is 5.28. The number of ether oxygens (including phenoxy) is 1. The van der Waals surface area contributed by atoms with E-state index in [1.54, 1.807) is 58.3 Å². The van der Waals surface area contributed by atoms with Crippen molar-refractivity contribution in [3.63, 3.8) is 0 Å². The van der Waals surface area contributed by atoms with Crippen molar-refractivity contribution in [2.45, 2.75) is 26.4 Å². The number of thiophene rings is 1. The van der Waals surface area contributed by atoms with Gasteiger partial charge in [-0.25, -0.2) is 14.6 Å². The molecule has 1 N–H and O–H groups in total. The third-order valence-corrected chi connectivity index (χ3v) is 3.98. The van der Waals surface area contributed by atoms with E-state index in [2.05, 4.69) is 4.98 Å². The van der Waals surface area contributed by atoms with Gasteiger partial charge in [0.25, 0.3) is 0 Å². The molecular formula is C16H18N2O4S. The van der Waals surface area contributed by atoms with E-state index in [4.69, 9.17) is 9.84 Å². The van der Waals surface area contributed by atoms with E-state index in [1.165, 1.54) is 16.2 Å². The van der Waals surface area contributed by atoms with Gasteiger partial charge >= 0.3 is 12.1 Å². The van der Waals surface area contributed by atoms with Crippen molar-refractivity contribution in [1.29, 1.82) is 0 Å². The first-order chi connectivity index (χ1) is 10.7. The summed E-state index contributed by atoms with van der Waals surface area (Å²) in [7, 11) is 1.59. The predicted octanol–water partition coefficient (Wildman–Crippen LogP) is 3.88. The first-order valence-corrected chi connectivity index (χ1v) is 7.75. The van der Waals surface area contributed by atoms with Crippen LogP contribution in [0.15, 0.2) is 30.5 Å². The molecule has 0 aliphatic heterocycles. The van der Waals surface area contributed by atoms with Crippen LogP contribution in [0.5, 0.6) is 0 Å². The molecule has 0 saturated carbocycles. The first kappa shape index (κ1) is 17.0. The topological polar surface area (TPSA) is 79.7 Å². The molecule has 0 fully saturated rings. The summed E-state index contributed by atoms with van der Waals surface area (Å²) in [5, 5.41) is 8.95. The summed E-state index contributed by atoms with van der Waals surface area (Å²) >= 11 is 1.18. The minimum atomic E-state index is -0.949. The maximum atomic E-state index is 12.0. The van der Waals surface area contributed by atoms with Crippen LogP contribution in [0.2, 0.25) is 0 Å². The molecule has 0 aliphatic carbocycles. The fourth-order valence-corrected chi connectivity index (χ4v) is 2.60. The normalized spacial score (nSPS) is 11.1. The fraction of sp³-hybridized carbons (Fsp3) is 0.312. The molecule has 2 heterocycles. The van der Waals surface area contributed by atoms with Crippen molar-refractivity contribution in [1.82, 2.24) is 4.98 Å². The number of amides is 1. The zero-order valence-electron chi connectivity index (χ0n) is 13.4. The molecule has 23 heavy (non-hydrogen) atoms. The number of carboxylic acid groups (broad SMARTS) is 1. The van der Waals surface area contributed by atoms with Gasteiger partial charge in [0, 0.05) is 23.7 Å². The molecule has 0 aliphatic rings. The van der Waals surface area contributed by atoms with Gasteiger partial charge < -0.3 is 9.84 Å². The van der Waals surface area contributed by atoms with Crippen molar-refractivity contribution in [2.24, 2.45) is 0 Å². The lowest BCUT2D eigenvalue weighted by Crippen LogP contribution is -2.34. The Morgan fingerprint density at radius 3 is 2.39 bits per heavy atom. The summed E-state index contributed by atoms with van der Waals surface area (Å²) in [4.78, 5) is 29.6. The predicted molar refractivity (Wildman–Crippen MR) is 89.1 cm³/mol. The quantitative estimate of drug-likeness (QED) is 0.921. The second kappa shape index (κ2) is 6.37. The monoisotopic (exact) mass is 334 g/mol. The Hall–Kier alpha value is -2.41. The Morgan fingerprint density at radius 1 is 1.22 bits per heavy atom. The number of pyridine rings is 1. The Labute approximate surface area is 138 Å². The van der Waals surface area contributed by atoms with Gasteiger partial charge in [-0.1, -0.05) is 0 Å². The van der Waals surface area contributed by atoms with E-state index in [1.807, 2.05) is 0 Å². The summed E-state index contributed by atoms with van der Waals surface area (Å²) in [5.41, 5.74) is 0.221. The van der Waals surface area contributed by atoms with E-state index in [0.29, 0.717) is 5.82 Å². The van der Waals surface area contributed by atoms with Gasteiger partial charge in [-0.15, -0.1) is 11.3 Å². The highest BCUT2D eigenvalue weighted by Crippen LogP contribution is 2.28. The van der Waals surface area contributed by atoms with Gasteiger partial charge in [-0.05, 0) is 45.0 Å². The second-order valence-electron chi connectivity index (χ2n) is 5.91. The lowest BCUT2D eigenvalue weighted by molar-refractivity contribution is 0.0587. The molecule has 0 aromatic carbocycles. The van der Waals surface area contributed by atoms with Crippen LogP contribution >= 0.6 is 11.3 Å². The van der Waals surface area contributed by atoms with Gasteiger partial charge in [0.05, 0.1) is 0 Å². The number of carbonyl (C=O) groups excluding carboxylic acids is 1. The SMILES string of the molecule is CN(C(=O)OC(C)(C)C)c1ccc(-c2ccc(C(=O)O)s2)cn1. The molecular weight excluding hydrogens is 316 g/mol. The summed E-state index contributed by atoms with van der Waals surface area (Å²) in [6.07, 6.45) is 1.12. The average molecular weight is 334 g/mol. The minimum absolute atomic E-state index is 0.273. The number of hydrogen-bond donors (Lipinski definition) is 1. The molecule has 1 amide bonds. The van der Waals surface area contributed by atoms with E-state index in [-0.39, 0.29) is 4.88 Å². The number of aromatic carboxylic acids is 1. The van der Waals surface area contributed by atoms with Crippen molar-refractivity contribution < 1.29 is 19.4 Å². The third-order valence-electron chi connectivity index (χ3n) is 2.86. The first-order valence-electron chi connectivity index (χ1n) is 6.93. The molecule has 0 unspecified atom stereocenters. The summed E-state index contributed by atoms with van der Waals surface area (Å²) in [6, 6.07) is 6.78. The minimum Gasteiger partial charge on any atom is -0.477 e. The lowest BCUT2D eigenvalue weighted by atomic mass is 10.2. The lowest BCUT2D eigenvalue weighted by Gasteiger charge is -2.24. The maximum Gasteiger partial charge on any atom is 0.415 e. The molecule has 0 saturated heterocycles. The van der Waals surface area contributed by atoms with Gasteiger partial charge in [0.2, 0.25) is 0 Å². The van der Waals surface area contributed by atoms with Crippen LogP contribution in [-0.4, -0.2) is 34.8 Å². The van der Waals surface area contributed by atoms with Gasteiger partial charge in [0.15, 0.2) is 0 Å². The van der Waals surface area contributed by atoms with Crippen LogP contribution in [0.3, 0.4) is 0 Å². The van der Waals surface area contributed by atoms with Gasteiger partial charge in [-0.2, -0.15) is 0 Å². The number of carboxylic acids is 1. The Balaban J connectivity index is 2.15.